The SMILES string of the molecule is Cc1nc2cc(-c3ccc(C(F)(F)F)cc3F)nn2c(N2CCCC(C)(C(=O)O)C2)c1C(C)C. The van der Waals surface area contributed by atoms with Gasteiger partial charge in [0.2, 0.25) is 0 Å². The van der Waals surface area contributed by atoms with E-state index in [-0.39, 0.29) is 23.7 Å². The molecule has 1 saturated heterocycles. The van der Waals surface area contributed by atoms with E-state index >= 15 is 0 Å². The Labute approximate surface area is 194 Å². The topological polar surface area (TPSA) is 70.7 Å². The van der Waals surface area contributed by atoms with Crippen molar-refractivity contribution in [3.05, 3.63) is 46.9 Å². The summed E-state index contributed by atoms with van der Waals surface area (Å²) in [5.41, 5.74) is 0.111. The fourth-order valence-corrected chi connectivity index (χ4v) is 4.72. The molecular weight excluding hydrogens is 452 g/mol. The van der Waals surface area contributed by atoms with E-state index in [0.717, 1.165) is 23.4 Å². The van der Waals surface area contributed by atoms with Crippen LogP contribution in [0.3, 0.4) is 0 Å². The maximum atomic E-state index is 14.7. The van der Waals surface area contributed by atoms with Crippen LogP contribution in [0, 0.1) is 18.2 Å². The van der Waals surface area contributed by atoms with Crippen LogP contribution in [0.5, 0.6) is 0 Å². The number of carboxylic acids is 1. The van der Waals surface area contributed by atoms with Crippen molar-refractivity contribution in [1.82, 2.24) is 14.6 Å². The van der Waals surface area contributed by atoms with Crippen LogP contribution in [0.2, 0.25) is 0 Å². The molecule has 6 nitrogen and oxygen atoms in total. The molecule has 0 aliphatic carbocycles. The van der Waals surface area contributed by atoms with Gasteiger partial charge in [0.15, 0.2) is 5.65 Å². The first-order chi connectivity index (χ1) is 15.8. The minimum atomic E-state index is -4.65. The Balaban J connectivity index is 1.89. The third-order valence-electron chi connectivity index (χ3n) is 6.47. The van der Waals surface area contributed by atoms with Crippen molar-refractivity contribution in [2.45, 2.75) is 52.6 Å². The Hall–Kier alpha value is -3.17. The second kappa shape index (κ2) is 8.25. The quantitative estimate of drug-likeness (QED) is 0.489. The molecule has 1 unspecified atom stereocenters. The molecule has 1 atom stereocenters. The molecule has 4 rings (SSSR count). The summed E-state index contributed by atoms with van der Waals surface area (Å²) in [6.45, 7) is 8.45. The summed E-state index contributed by atoms with van der Waals surface area (Å²) in [7, 11) is 0. The Morgan fingerprint density at radius 2 is 1.94 bits per heavy atom. The van der Waals surface area contributed by atoms with Gasteiger partial charge in [0.25, 0.3) is 0 Å². The van der Waals surface area contributed by atoms with E-state index in [1.54, 1.807) is 11.4 Å². The van der Waals surface area contributed by atoms with Crippen LogP contribution in [0.15, 0.2) is 24.3 Å². The van der Waals surface area contributed by atoms with Gasteiger partial charge in [-0.2, -0.15) is 22.8 Å². The summed E-state index contributed by atoms with van der Waals surface area (Å²) in [4.78, 5) is 18.5. The van der Waals surface area contributed by atoms with Gasteiger partial charge in [0, 0.05) is 36.0 Å². The van der Waals surface area contributed by atoms with Crippen LogP contribution in [0.4, 0.5) is 23.4 Å². The number of alkyl halides is 3. The van der Waals surface area contributed by atoms with E-state index in [4.69, 9.17) is 0 Å². The first-order valence-electron chi connectivity index (χ1n) is 11.1. The van der Waals surface area contributed by atoms with Gasteiger partial charge in [-0.15, -0.1) is 0 Å². The molecule has 10 heteroatoms. The van der Waals surface area contributed by atoms with Crippen LogP contribution in [0.1, 0.15) is 56.4 Å². The molecule has 3 heterocycles. The summed E-state index contributed by atoms with van der Waals surface area (Å²) in [6, 6.07) is 3.89. The molecule has 3 aromatic rings. The lowest BCUT2D eigenvalue weighted by Gasteiger charge is -2.40. The molecule has 1 fully saturated rings. The number of aryl methyl sites for hydroxylation is 1. The first kappa shape index (κ1) is 24.0. The lowest BCUT2D eigenvalue weighted by atomic mass is 9.81. The number of carbonyl (C=O) groups is 1. The maximum Gasteiger partial charge on any atom is 0.416 e. The number of rotatable bonds is 4. The van der Waals surface area contributed by atoms with Crippen LogP contribution >= 0.6 is 0 Å². The minimum absolute atomic E-state index is 0.0420. The molecule has 1 N–H and O–H groups in total. The number of aromatic nitrogens is 3. The number of piperidine rings is 1. The van der Waals surface area contributed by atoms with Gasteiger partial charge in [0.1, 0.15) is 11.6 Å². The average Bonchev–Trinajstić information content (AvgIpc) is 3.14. The number of benzene rings is 1. The highest BCUT2D eigenvalue weighted by Gasteiger charge is 2.39. The Bertz CT molecular complexity index is 1270. The normalized spacial score (nSPS) is 19.3. The zero-order valence-corrected chi connectivity index (χ0v) is 19.4. The second-order valence-electron chi connectivity index (χ2n) is 9.47. The highest BCUT2D eigenvalue weighted by molar-refractivity contribution is 5.76. The molecule has 0 amide bonds. The predicted molar refractivity (Wildman–Crippen MR) is 119 cm³/mol. The Morgan fingerprint density at radius 3 is 2.53 bits per heavy atom. The molecule has 1 aromatic carbocycles. The molecule has 1 aliphatic rings. The van der Waals surface area contributed by atoms with E-state index in [9.17, 15) is 27.5 Å². The van der Waals surface area contributed by atoms with Crippen LogP contribution in [-0.2, 0) is 11.0 Å². The summed E-state index contributed by atoms with van der Waals surface area (Å²) >= 11 is 0. The standard InChI is InChI=1S/C24H26F4N4O2/c1-13(2)20-14(3)29-19-11-18(16-7-6-15(10-17(16)25)24(26,27)28)30-32(19)21(20)31-9-5-8-23(4,12-31)22(33)34/h6-7,10-11,13H,5,8-9,12H2,1-4H3,(H,33,34). The third-order valence-corrected chi connectivity index (χ3v) is 6.47. The Kier molecular flexibility index (Phi) is 5.81. The molecule has 0 radical (unpaired) electrons. The van der Waals surface area contributed by atoms with Crippen LogP contribution in [-0.4, -0.2) is 38.8 Å². The van der Waals surface area contributed by atoms with Gasteiger partial charge in [-0.25, -0.2) is 9.37 Å². The monoisotopic (exact) mass is 478 g/mol. The fourth-order valence-electron chi connectivity index (χ4n) is 4.72. The van der Waals surface area contributed by atoms with E-state index < -0.39 is 28.9 Å². The van der Waals surface area contributed by atoms with Gasteiger partial charge >= 0.3 is 12.1 Å². The summed E-state index contributed by atoms with van der Waals surface area (Å²) in [5.74, 6) is -1.18. The van der Waals surface area contributed by atoms with E-state index in [0.29, 0.717) is 36.9 Å². The lowest BCUT2D eigenvalue weighted by molar-refractivity contribution is -0.148. The summed E-state index contributed by atoms with van der Waals surface area (Å²) in [6.07, 6.45) is -3.43. The molecular formula is C24H26F4N4O2. The van der Waals surface area contributed by atoms with Crippen molar-refractivity contribution >= 4 is 17.4 Å². The highest BCUT2D eigenvalue weighted by Crippen LogP contribution is 2.38. The smallest absolute Gasteiger partial charge is 0.416 e. The number of halogens is 4. The number of aliphatic carboxylic acids is 1. The maximum absolute atomic E-state index is 14.7. The van der Waals surface area contributed by atoms with E-state index in [1.807, 2.05) is 25.7 Å². The predicted octanol–water partition coefficient (Wildman–Crippen LogP) is 5.68. The highest BCUT2D eigenvalue weighted by atomic mass is 19.4. The van der Waals surface area contributed by atoms with Crippen LogP contribution < -0.4 is 4.90 Å². The van der Waals surface area contributed by atoms with Crippen molar-refractivity contribution in [2.75, 3.05) is 18.0 Å². The fraction of sp³-hybridized carbons (Fsp3) is 0.458. The second-order valence-corrected chi connectivity index (χ2v) is 9.47. The van der Waals surface area contributed by atoms with Crippen molar-refractivity contribution in [1.29, 1.82) is 0 Å². The molecule has 1 aliphatic heterocycles. The molecule has 0 saturated carbocycles. The molecule has 0 spiro atoms. The molecule has 34 heavy (non-hydrogen) atoms. The van der Waals surface area contributed by atoms with Gasteiger partial charge in [-0.1, -0.05) is 13.8 Å². The largest absolute Gasteiger partial charge is 0.481 e. The summed E-state index contributed by atoms with van der Waals surface area (Å²) in [5, 5.41) is 14.3. The Morgan fingerprint density at radius 1 is 1.24 bits per heavy atom. The number of hydrogen-bond acceptors (Lipinski definition) is 4. The number of anilines is 1. The van der Waals surface area contributed by atoms with Gasteiger partial charge in [0.05, 0.1) is 16.7 Å². The van der Waals surface area contributed by atoms with Crippen molar-refractivity contribution in [2.24, 2.45) is 5.41 Å². The number of nitrogens with zero attached hydrogens (tertiary/aromatic N) is 4. The molecule has 2 aromatic heterocycles. The zero-order chi connectivity index (χ0) is 25.0. The molecule has 182 valence electrons. The number of fused-ring (bicyclic) bond motifs is 1. The van der Waals surface area contributed by atoms with Gasteiger partial charge < -0.3 is 10.0 Å². The third kappa shape index (κ3) is 4.10. The lowest BCUT2D eigenvalue weighted by Crippen LogP contribution is -2.47. The van der Waals surface area contributed by atoms with Crippen molar-refractivity contribution in [3.63, 3.8) is 0 Å². The van der Waals surface area contributed by atoms with Crippen molar-refractivity contribution in [3.8, 4) is 11.3 Å². The van der Waals surface area contributed by atoms with Gasteiger partial charge in [-0.3, -0.25) is 4.79 Å². The van der Waals surface area contributed by atoms with Crippen molar-refractivity contribution < 1.29 is 27.5 Å². The summed E-state index contributed by atoms with van der Waals surface area (Å²) < 4.78 is 55.1. The minimum Gasteiger partial charge on any atom is -0.481 e. The number of hydrogen-bond donors (Lipinski definition) is 1. The number of carboxylic acid groups (broad SMARTS) is 1. The van der Waals surface area contributed by atoms with Crippen LogP contribution in [0.25, 0.3) is 16.9 Å². The van der Waals surface area contributed by atoms with Gasteiger partial charge in [-0.05, 0) is 50.8 Å². The van der Waals surface area contributed by atoms with E-state index in [1.165, 1.54) is 6.07 Å². The molecule has 0 bridgehead atoms. The van der Waals surface area contributed by atoms with E-state index in [2.05, 4.69) is 10.1 Å². The first-order valence-corrected chi connectivity index (χ1v) is 11.1. The average molecular weight is 478 g/mol. The zero-order valence-electron chi connectivity index (χ0n) is 19.4.